The Kier molecular flexibility index (Phi) is 6.28. The Bertz CT molecular complexity index is 904. The second-order valence-corrected chi connectivity index (χ2v) is 6.16. The topological polar surface area (TPSA) is 67.8 Å². The Morgan fingerprint density at radius 1 is 1.00 bits per heavy atom. The summed E-state index contributed by atoms with van der Waals surface area (Å²) in [5.74, 6) is 0.855. The summed E-state index contributed by atoms with van der Waals surface area (Å²) in [6.07, 6.45) is -0.222. The van der Waals surface area contributed by atoms with Crippen molar-refractivity contribution in [1.82, 2.24) is 5.32 Å². The van der Waals surface area contributed by atoms with Gasteiger partial charge in [0.25, 0.3) is 5.91 Å². The van der Waals surface area contributed by atoms with E-state index in [0.717, 1.165) is 16.3 Å². The molecule has 2 N–H and O–H groups in total. The molecule has 1 amide bonds. The lowest BCUT2D eigenvalue weighted by molar-refractivity contribution is -0.123. The highest BCUT2D eigenvalue weighted by Crippen LogP contribution is 2.26. The molecule has 3 rings (SSSR count). The zero-order valence-electron chi connectivity index (χ0n) is 15.2. The van der Waals surface area contributed by atoms with Gasteiger partial charge in [0.2, 0.25) is 0 Å². The molecule has 3 aromatic rings. The number of carbonyl (C=O) groups is 1. The van der Waals surface area contributed by atoms with Gasteiger partial charge in [-0.15, -0.1) is 0 Å². The Balaban J connectivity index is 1.49. The van der Waals surface area contributed by atoms with Gasteiger partial charge in [-0.3, -0.25) is 4.79 Å². The van der Waals surface area contributed by atoms with E-state index >= 15 is 0 Å². The smallest absolute Gasteiger partial charge is 0.257 e. The minimum atomic E-state index is -0.647. The van der Waals surface area contributed by atoms with Crippen LogP contribution in [0.15, 0.2) is 66.7 Å². The van der Waals surface area contributed by atoms with Gasteiger partial charge in [0.05, 0.1) is 13.2 Å². The summed E-state index contributed by atoms with van der Waals surface area (Å²) in [6.45, 7) is 0.253. The van der Waals surface area contributed by atoms with E-state index in [2.05, 4.69) is 5.32 Å². The van der Waals surface area contributed by atoms with Gasteiger partial charge < -0.3 is 19.9 Å². The van der Waals surface area contributed by atoms with E-state index in [9.17, 15) is 9.90 Å². The molecule has 0 fully saturated rings. The third-order valence-electron chi connectivity index (χ3n) is 4.35. The Morgan fingerprint density at radius 2 is 1.70 bits per heavy atom. The number of benzene rings is 3. The summed E-state index contributed by atoms with van der Waals surface area (Å²) in [5, 5.41) is 15.4. The fraction of sp³-hybridized carbons (Fsp3) is 0.227. The monoisotopic (exact) mass is 365 g/mol. The number of aliphatic hydroxyl groups is 1. The molecule has 0 aromatic heterocycles. The molecule has 27 heavy (non-hydrogen) atoms. The lowest BCUT2D eigenvalue weighted by Gasteiger charge is -2.15. The number of hydrogen-bond donors (Lipinski definition) is 2. The largest absolute Gasteiger partial charge is 0.493 e. The van der Waals surface area contributed by atoms with Gasteiger partial charge in [0.15, 0.2) is 18.1 Å². The second kappa shape index (κ2) is 9.05. The SMILES string of the molecule is COc1ccccc1OCC(=O)NCC[C@H](O)c1cccc2ccccc12. The molecule has 0 radical (unpaired) electrons. The molecule has 140 valence electrons. The van der Waals surface area contributed by atoms with E-state index in [-0.39, 0.29) is 12.5 Å². The third kappa shape index (κ3) is 4.77. The van der Waals surface area contributed by atoms with Crippen LogP contribution in [0.3, 0.4) is 0 Å². The Hall–Kier alpha value is -3.05. The quantitative estimate of drug-likeness (QED) is 0.641. The van der Waals surface area contributed by atoms with Crippen molar-refractivity contribution in [2.24, 2.45) is 0 Å². The van der Waals surface area contributed by atoms with Gasteiger partial charge in [-0.05, 0) is 34.9 Å². The number of amides is 1. The maximum Gasteiger partial charge on any atom is 0.257 e. The summed E-state index contributed by atoms with van der Waals surface area (Å²) >= 11 is 0. The number of ether oxygens (including phenoxy) is 2. The molecule has 5 heteroatoms. The molecule has 3 aromatic carbocycles. The van der Waals surface area contributed by atoms with Crippen LogP contribution < -0.4 is 14.8 Å². The molecule has 0 aliphatic rings. The van der Waals surface area contributed by atoms with Crippen LogP contribution in [-0.4, -0.2) is 31.3 Å². The highest BCUT2D eigenvalue weighted by atomic mass is 16.5. The van der Waals surface area contributed by atoms with Crippen molar-refractivity contribution in [3.05, 3.63) is 72.3 Å². The average Bonchev–Trinajstić information content (AvgIpc) is 2.72. The number of methoxy groups -OCH3 is 1. The van der Waals surface area contributed by atoms with E-state index in [4.69, 9.17) is 9.47 Å². The van der Waals surface area contributed by atoms with Crippen LogP contribution in [-0.2, 0) is 4.79 Å². The molecular formula is C22H23NO4. The molecule has 1 atom stereocenters. The maximum atomic E-state index is 12.0. The molecule has 0 saturated carbocycles. The fourth-order valence-electron chi connectivity index (χ4n) is 2.98. The number of para-hydroxylation sites is 2. The highest BCUT2D eigenvalue weighted by molar-refractivity contribution is 5.86. The molecule has 0 bridgehead atoms. The lowest BCUT2D eigenvalue weighted by atomic mass is 9.99. The number of carbonyl (C=O) groups excluding carboxylic acids is 1. The van der Waals surface area contributed by atoms with Gasteiger partial charge in [-0.2, -0.15) is 0 Å². The predicted octanol–water partition coefficient (Wildman–Crippen LogP) is 3.47. The van der Waals surface area contributed by atoms with E-state index in [0.29, 0.717) is 24.5 Å². The molecular weight excluding hydrogens is 342 g/mol. The van der Waals surface area contributed by atoms with Crippen LogP contribution in [0, 0.1) is 0 Å². The average molecular weight is 365 g/mol. The summed E-state index contributed by atoms with van der Waals surface area (Å²) in [6, 6.07) is 21.0. The van der Waals surface area contributed by atoms with Crippen LogP contribution in [0.4, 0.5) is 0 Å². The number of aliphatic hydroxyl groups excluding tert-OH is 1. The lowest BCUT2D eigenvalue weighted by Crippen LogP contribution is -2.30. The van der Waals surface area contributed by atoms with Gasteiger partial charge in [0.1, 0.15) is 0 Å². The standard InChI is InChI=1S/C22H23NO4/c1-26-20-11-4-5-12-21(20)27-15-22(25)23-14-13-19(24)18-10-6-8-16-7-2-3-9-17(16)18/h2-12,19,24H,13-15H2,1H3,(H,23,25)/t19-/m0/s1. The fourth-order valence-corrected chi connectivity index (χ4v) is 2.98. The van der Waals surface area contributed by atoms with Crippen molar-refractivity contribution in [2.45, 2.75) is 12.5 Å². The second-order valence-electron chi connectivity index (χ2n) is 6.16. The van der Waals surface area contributed by atoms with Gasteiger partial charge in [-0.1, -0.05) is 54.6 Å². The van der Waals surface area contributed by atoms with Crippen LogP contribution in [0.5, 0.6) is 11.5 Å². The normalized spacial score (nSPS) is 11.8. The summed E-state index contributed by atoms with van der Waals surface area (Å²) in [4.78, 5) is 12.0. The van der Waals surface area contributed by atoms with Gasteiger partial charge in [-0.25, -0.2) is 0 Å². The first-order valence-corrected chi connectivity index (χ1v) is 8.87. The molecule has 0 saturated heterocycles. The first-order chi connectivity index (χ1) is 13.2. The zero-order valence-corrected chi connectivity index (χ0v) is 15.2. The van der Waals surface area contributed by atoms with Crippen LogP contribution in [0.25, 0.3) is 10.8 Å². The van der Waals surface area contributed by atoms with E-state index in [1.54, 1.807) is 19.2 Å². The number of rotatable bonds is 8. The summed E-state index contributed by atoms with van der Waals surface area (Å²) in [5.41, 5.74) is 0.868. The van der Waals surface area contributed by atoms with Crippen molar-refractivity contribution in [1.29, 1.82) is 0 Å². The molecule has 0 spiro atoms. The van der Waals surface area contributed by atoms with Crippen molar-refractivity contribution in [3.63, 3.8) is 0 Å². The van der Waals surface area contributed by atoms with Crippen LogP contribution in [0.1, 0.15) is 18.1 Å². The zero-order chi connectivity index (χ0) is 19.1. The summed E-state index contributed by atoms with van der Waals surface area (Å²) in [7, 11) is 1.55. The van der Waals surface area contributed by atoms with Crippen LogP contribution in [0.2, 0.25) is 0 Å². The molecule has 0 aliphatic carbocycles. The van der Waals surface area contributed by atoms with Crippen molar-refractivity contribution >= 4 is 16.7 Å². The predicted molar refractivity (Wildman–Crippen MR) is 105 cm³/mol. The number of nitrogens with one attached hydrogen (secondary N) is 1. The van der Waals surface area contributed by atoms with Gasteiger partial charge in [0, 0.05) is 6.54 Å². The minimum absolute atomic E-state index is 0.106. The van der Waals surface area contributed by atoms with E-state index in [1.807, 2.05) is 54.6 Å². The maximum absolute atomic E-state index is 12.0. The molecule has 0 aliphatic heterocycles. The van der Waals surface area contributed by atoms with E-state index in [1.165, 1.54) is 0 Å². The van der Waals surface area contributed by atoms with Crippen LogP contribution >= 0.6 is 0 Å². The van der Waals surface area contributed by atoms with E-state index < -0.39 is 6.10 Å². The Morgan fingerprint density at radius 3 is 2.52 bits per heavy atom. The molecule has 5 nitrogen and oxygen atoms in total. The van der Waals surface area contributed by atoms with Crippen molar-refractivity contribution in [2.75, 3.05) is 20.3 Å². The highest BCUT2D eigenvalue weighted by Gasteiger charge is 2.12. The Labute approximate surface area is 158 Å². The number of hydrogen-bond acceptors (Lipinski definition) is 4. The summed E-state index contributed by atoms with van der Waals surface area (Å²) < 4.78 is 10.7. The van der Waals surface area contributed by atoms with Crippen molar-refractivity contribution < 1.29 is 19.4 Å². The number of fused-ring (bicyclic) bond motifs is 1. The van der Waals surface area contributed by atoms with Crippen molar-refractivity contribution in [3.8, 4) is 11.5 Å². The molecule has 0 unspecified atom stereocenters. The minimum Gasteiger partial charge on any atom is -0.493 e. The molecule has 0 heterocycles. The van der Waals surface area contributed by atoms with Gasteiger partial charge >= 0.3 is 0 Å². The third-order valence-corrected chi connectivity index (χ3v) is 4.35. The first kappa shape index (κ1) is 18.7. The first-order valence-electron chi connectivity index (χ1n) is 8.87.